The predicted octanol–water partition coefficient (Wildman–Crippen LogP) is 3.89. The van der Waals surface area contributed by atoms with Crippen LogP contribution in [0.15, 0.2) is 4.99 Å². The Labute approximate surface area is 101 Å². The van der Waals surface area contributed by atoms with E-state index in [1.165, 1.54) is 57.8 Å². The van der Waals surface area contributed by atoms with Gasteiger partial charge in [-0.1, -0.05) is 45.4 Å². The van der Waals surface area contributed by atoms with E-state index in [-0.39, 0.29) is 0 Å². The number of hydrogen-bond acceptors (Lipinski definition) is 1. The summed E-state index contributed by atoms with van der Waals surface area (Å²) >= 11 is 0. The molecule has 0 saturated heterocycles. The smallest absolute Gasteiger partial charge is 0.0971 e. The standard InChI is InChI=1S/C14H28N2/c1-3-4-5-6-9-12(2)16-14(15)13-10-7-8-11-13/h12-13H,3-11H2,1-2H3,(H2,15,16). The lowest BCUT2D eigenvalue weighted by atomic mass is 10.1. The lowest BCUT2D eigenvalue weighted by molar-refractivity contribution is 0.571. The Kier molecular flexibility index (Phi) is 6.51. The van der Waals surface area contributed by atoms with Crippen LogP contribution in [0.4, 0.5) is 0 Å². The number of aliphatic imine (C=N–C) groups is 1. The van der Waals surface area contributed by atoms with Gasteiger partial charge < -0.3 is 5.73 Å². The Bertz CT molecular complexity index is 205. The van der Waals surface area contributed by atoms with E-state index in [0.29, 0.717) is 12.0 Å². The van der Waals surface area contributed by atoms with E-state index in [4.69, 9.17) is 5.73 Å². The second-order valence-electron chi connectivity index (χ2n) is 5.23. The van der Waals surface area contributed by atoms with Crippen LogP contribution < -0.4 is 5.73 Å². The third-order valence-electron chi connectivity index (χ3n) is 3.62. The van der Waals surface area contributed by atoms with Gasteiger partial charge in [-0.05, 0) is 26.2 Å². The van der Waals surface area contributed by atoms with Gasteiger partial charge in [-0.3, -0.25) is 4.99 Å². The van der Waals surface area contributed by atoms with Gasteiger partial charge >= 0.3 is 0 Å². The van der Waals surface area contributed by atoms with E-state index in [0.717, 1.165) is 5.84 Å². The first-order chi connectivity index (χ1) is 7.74. The molecule has 94 valence electrons. The van der Waals surface area contributed by atoms with Crippen molar-refractivity contribution in [2.75, 3.05) is 0 Å². The largest absolute Gasteiger partial charge is 0.387 e. The zero-order valence-electron chi connectivity index (χ0n) is 11.0. The van der Waals surface area contributed by atoms with E-state index in [1.54, 1.807) is 0 Å². The zero-order valence-corrected chi connectivity index (χ0v) is 11.0. The number of hydrogen-bond donors (Lipinski definition) is 1. The third-order valence-corrected chi connectivity index (χ3v) is 3.62. The first-order valence-corrected chi connectivity index (χ1v) is 7.07. The Morgan fingerprint density at radius 1 is 1.25 bits per heavy atom. The lowest BCUT2D eigenvalue weighted by Gasteiger charge is -2.12. The molecule has 1 saturated carbocycles. The van der Waals surface area contributed by atoms with Crippen LogP contribution in [0.2, 0.25) is 0 Å². The molecule has 2 N–H and O–H groups in total. The van der Waals surface area contributed by atoms with Crippen molar-refractivity contribution in [2.45, 2.75) is 77.7 Å². The van der Waals surface area contributed by atoms with Crippen molar-refractivity contribution in [3.05, 3.63) is 0 Å². The van der Waals surface area contributed by atoms with Gasteiger partial charge in [0.2, 0.25) is 0 Å². The monoisotopic (exact) mass is 224 g/mol. The number of unbranched alkanes of at least 4 members (excludes halogenated alkanes) is 3. The molecule has 1 aliphatic carbocycles. The molecule has 1 rings (SSSR count). The maximum absolute atomic E-state index is 6.06. The average Bonchev–Trinajstić information content (AvgIpc) is 2.77. The Morgan fingerprint density at radius 3 is 2.56 bits per heavy atom. The average molecular weight is 224 g/mol. The Hall–Kier alpha value is -0.530. The summed E-state index contributed by atoms with van der Waals surface area (Å²) in [4.78, 5) is 4.65. The van der Waals surface area contributed by atoms with Crippen LogP contribution in [-0.4, -0.2) is 11.9 Å². The minimum absolute atomic E-state index is 0.428. The topological polar surface area (TPSA) is 38.4 Å². The minimum Gasteiger partial charge on any atom is -0.387 e. The summed E-state index contributed by atoms with van der Waals surface area (Å²) in [5.41, 5.74) is 6.06. The van der Waals surface area contributed by atoms with E-state index < -0.39 is 0 Å². The molecule has 16 heavy (non-hydrogen) atoms. The van der Waals surface area contributed by atoms with E-state index >= 15 is 0 Å². The molecular formula is C14H28N2. The molecule has 1 fully saturated rings. The molecule has 0 aromatic carbocycles. The summed E-state index contributed by atoms with van der Waals surface area (Å²) in [7, 11) is 0. The quantitative estimate of drug-likeness (QED) is 0.397. The molecule has 0 spiro atoms. The highest BCUT2D eigenvalue weighted by atomic mass is 14.9. The fourth-order valence-electron chi connectivity index (χ4n) is 2.51. The molecule has 0 aromatic rings. The molecule has 2 nitrogen and oxygen atoms in total. The van der Waals surface area contributed by atoms with Crippen LogP contribution in [0.1, 0.15) is 71.6 Å². The lowest BCUT2D eigenvalue weighted by Crippen LogP contribution is -2.23. The maximum atomic E-state index is 6.06. The molecule has 0 bridgehead atoms. The summed E-state index contributed by atoms with van der Waals surface area (Å²) < 4.78 is 0. The van der Waals surface area contributed by atoms with Crippen LogP contribution in [0.3, 0.4) is 0 Å². The van der Waals surface area contributed by atoms with Gasteiger partial charge in [0.25, 0.3) is 0 Å². The molecular weight excluding hydrogens is 196 g/mol. The summed E-state index contributed by atoms with van der Waals surface area (Å²) in [6, 6.07) is 0.428. The van der Waals surface area contributed by atoms with Crippen LogP contribution in [-0.2, 0) is 0 Å². The van der Waals surface area contributed by atoms with Crippen molar-refractivity contribution in [1.82, 2.24) is 0 Å². The van der Waals surface area contributed by atoms with Crippen LogP contribution >= 0.6 is 0 Å². The van der Waals surface area contributed by atoms with Crippen molar-refractivity contribution in [2.24, 2.45) is 16.6 Å². The number of nitrogens with two attached hydrogens (primary N) is 1. The molecule has 1 aliphatic rings. The molecule has 1 atom stereocenters. The van der Waals surface area contributed by atoms with Crippen molar-refractivity contribution in [3.8, 4) is 0 Å². The van der Waals surface area contributed by atoms with Crippen LogP contribution in [0, 0.1) is 5.92 Å². The fourth-order valence-corrected chi connectivity index (χ4v) is 2.51. The van der Waals surface area contributed by atoms with Gasteiger partial charge in [-0.2, -0.15) is 0 Å². The number of amidine groups is 1. The highest BCUT2D eigenvalue weighted by molar-refractivity contribution is 5.83. The van der Waals surface area contributed by atoms with Gasteiger partial charge in [-0.25, -0.2) is 0 Å². The van der Waals surface area contributed by atoms with Gasteiger partial charge in [0.15, 0.2) is 0 Å². The zero-order chi connectivity index (χ0) is 11.8. The first kappa shape index (κ1) is 13.5. The number of rotatable bonds is 7. The Balaban J connectivity index is 2.19. The molecule has 0 aliphatic heterocycles. The normalized spacial score (nSPS) is 20.2. The third kappa shape index (κ3) is 5.00. The molecule has 1 unspecified atom stereocenters. The summed E-state index contributed by atoms with van der Waals surface area (Å²) in [5, 5.41) is 0. The fraction of sp³-hybridized carbons (Fsp3) is 0.929. The first-order valence-electron chi connectivity index (χ1n) is 7.07. The summed E-state index contributed by atoms with van der Waals surface area (Å²) in [6.45, 7) is 4.45. The van der Waals surface area contributed by atoms with Gasteiger partial charge in [-0.15, -0.1) is 0 Å². The SMILES string of the molecule is CCCCCCC(C)N=C(N)C1CCCC1. The highest BCUT2D eigenvalue weighted by Crippen LogP contribution is 2.25. The predicted molar refractivity (Wildman–Crippen MR) is 71.8 cm³/mol. The van der Waals surface area contributed by atoms with Crippen LogP contribution in [0.5, 0.6) is 0 Å². The summed E-state index contributed by atoms with van der Waals surface area (Å²) in [5.74, 6) is 1.53. The van der Waals surface area contributed by atoms with E-state index in [9.17, 15) is 0 Å². The van der Waals surface area contributed by atoms with E-state index in [1.807, 2.05) is 0 Å². The van der Waals surface area contributed by atoms with Crippen molar-refractivity contribution in [1.29, 1.82) is 0 Å². The minimum atomic E-state index is 0.428. The second-order valence-corrected chi connectivity index (χ2v) is 5.23. The van der Waals surface area contributed by atoms with E-state index in [2.05, 4.69) is 18.8 Å². The summed E-state index contributed by atoms with van der Waals surface area (Å²) in [6.07, 6.45) is 11.7. The molecule has 0 aromatic heterocycles. The van der Waals surface area contributed by atoms with Crippen molar-refractivity contribution < 1.29 is 0 Å². The molecule has 0 amide bonds. The molecule has 0 radical (unpaired) electrons. The molecule has 0 heterocycles. The van der Waals surface area contributed by atoms with Crippen LogP contribution in [0.25, 0.3) is 0 Å². The van der Waals surface area contributed by atoms with Crippen molar-refractivity contribution in [3.63, 3.8) is 0 Å². The van der Waals surface area contributed by atoms with Gasteiger partial charge in [0.1, 0.15) is 0 Å². The Morgan fingerprint density at radius 2 is 1.94 bits per heavy atom. The second kappa shape index (κ2) is 7.70. The van der Waals surface area contributed by atoms with Gasteiger partial charge in [0, 0.05) is 12.0 Å². The number of nitrogens with zero attached hydrogens (tertiary/aromatic N) is 1. The van der Waals surface area contributed by atoms with Crippen molar-refractivity contribution >= 4 is 5.84 Å². The maximum Gasteiger partial charge on any atom is 0.0971 e. The molecule has 2 heteroatoms. The van der Waals surface area contributed by atoms with Gasteiger partial charge in [0.05, 0.1) is 5.84 Å². The highest BCUT2D eigenvalue weighted by Gasteiger charge is 2.18.